The molecule has 1 atom stereocenters. The number of carbonyl (C=O) groups is 1. The number of methoxy groups -OCH3 is 1. The van der Waals surface area contributed by atoms with Crippen LogP contribution in [0.2, 0.25) is 0 Å². The third-order valence-corrected chi connectivity index (χ3v) is 5.27. The summed E-state index contributed by atoms with van der Waals surface area (Å²) < 4.78 is 5.69. The van der Waals surface area contributed by atoms with Crippen LogP contribution in [0.25, 0.3) is 0 Å². The molecule has 1 fully saturated rings. The molecule has 0 aliphatic carbocycles. The highest BCUT2D eigenvalue weighted by Crippen LogP contribution is 2.41. The van der Waals surface area contributed by atoms with E-state index in [-0.39, 0.29) is 6.03 Å². The first-order chi connectivity index (χ1) is 12.0. The second kappa shape index (κ2) is 7.22. The molecule has 2 aliphatic rings. The van der Waals surface area contributed by atoms with E-state index < -0.39 is 0 Å². The summed E-state index contributed by atoms with van der Waals surface area (Å²) in [5.41, 5.74) is 3.52. The number of benzene rings is 1. The molecule has 0 N–H and O–H groups in total. The Labute approximate surface area is 150 Å². The monoisotopic (exact) mass is 346 g/mol. The number of urea groups is 1. The highest BCUT2D eigenvalue weighted by molar-refractivity contribution is 5.94. The van der Waals surface area contributed by atoms with Crippen molar-refractivity contribution < 1.29 is 9.53 Å². The molecule has 1 unspecified atom stereocenters. The maximum atomic E-state index is 12.8. The fourth-order valence-electron chi connectivity index (χ4n) is 3.95. The minimum Gasteiger partial charge on any atom is -0.495 e. The van der Waals surface area contributed by atoms with Gasteiger partial charge in [-0.3, -0.25) is 9.80 Å². The van der Waals surface area contributed by atoms with Crippen LogP contribution in [0.1, 0.15) is 30.5 Å². The van der Waals surface area contributed by atoms with Gasteiger partial charge < -0.3 is 14.5 Å². The van der Waals surface area contributed by atoms with Gasteiger partial charge in [0.15, 0.2) is 0 Å². The van der Waals surface area contributed by atoms with Crippen LogP contribution in [-0.2, 0) is 6.54 Å². The lowest BCUT2D eigenvalue weighted by Crippen LogP contribution is -2.49. The van der Waals surface area contributed by atoms with Gasteiger partial charge in [-0.1, -0.05) is 0 Å². The zero-order chi connectivity index (χ0) is 18.1. The van der Waals surface area contributed by atoms with E-state index in [1.807, 2.05) is 16.7 Å². The summed E-state index contributed by atoms with van der Waals surface area (Å²) >= 11 is 0. The lowest BCUT2D eigenvalue weighted by atomic mass is 10.0. The number of ether oxygens (including phenoxy) is 1. The maximum Gasteiger partial charge on any atom is 0.324 e. The summed E-state index contributed by atoms with van der Waals surface area (Å²) in [5, 5.41) is 0. The number of nitrogens with zero attached hydrogens (tertiary/aromatic N) is 4. The topological polar surface area (TPSA) is 39.3 Å². The fraction of sp³-hybridized carbons (Fsp3) is 0.632. The third-order valence-electron chi connectivity index (χ3n) is 5.27. The highest BCUT2D eigenvalue weighted by Gasteiger charge is 2.33. The predicted molar refractivity (Wildman–Crippen MR) is 100 cm³/mol. The van der Waals surface area contributed by atoms with Gasteiger partial charge in [-0.2, -0.15) is 0 Å². The van der Waals surface area contributed by atoms with E-state index in [0.717, 1.165) is 50.6 Å². The van der Waals surface area contributed by atoms with Crippen molar-refractivity contribution in [3.63, 3.8) is 0 Å². The Bertz CT molecular complexity index is 647. The number of likely N-dealkylation sites (N-methyl/N-ethyl adjacent to an activating group) is 2. The van der Waals surface area contributed by atoms with Crippen molar-refractivity contribution in [3.8, 4) is 5.75 Å². The van der Waals surface area contributed by atoms with E-state index in [9.17, 15) is 4.79 Å². The molecular weight excluding hydrogens is 316 g/mol. The first-order valence-corrected chi connectivity index (χ1v) is 9.08. The van der Waals surface area contributed by atoms with Crippen LogP contribution in [0.4, 0.5) is 10.5 Å². The van der Waals surface area contributed by atoms with Gasteiger partial charge in [0.1, 0.15) is 5.75 Å². The molecule has 2 heterocycles. The Kier molecular flexibility index (Phi) is 5.20. The average Bonchev–Trinajstić information content (AvgIpc) is 2.88. The van der Waals surface area contributed by atoms with Gasteiger partial charge in [-0.25, -0.2) is 4.79 Å². The van der Waals surface area contributed by atoms with E-state index in [1.165, 1.54) is 11.1 Å². The molecule has 6 nitrogen and oxygen atoms in total. The van der Waals surface area contributed by atoms with Crippen LogP contribution in [0, 0.1) is 0 Å². The normalized spacial score (nSPS) is 21.2. The molecule has 6 heteroatoms. The zero-order valence-electron chi connectivity index (χ0n) is 16.1. The van der Waals surface area contributed by atoms with Crippen LogP contribution >= 0.6 is 0 Å². The molecule has 138 valence electrons. The lowest BCUT2D eigenvalue weighted by molar-refractivity contribution is 0.198. The molecule has 0 spiro atoms. The van der Waals surface area contributed by atoms with Crippen LogP contribution in [-0.4, -0.2) is 75.2 Å². The SMILES string of the molecule is CCN1CCCN(c2cc3c(cc2OC)C(CN(C)C)N(C)C3)C1=O. The van der Waals surface area contributed by atoms with Crippen LogP contribution < -0.4 is 9.64 Å². The van der Waals surface area contributed by atoms with Gasteiger partial charge in [0.2, 0.25) is 0 Å². The first-order valence-electron chi connectivity index (χ1n) is 9.08. The van der Waals surface area contributed by atoms with Crippen molar-refractivity contribution in [1.29, 1.82) is 0 Å². The number of rotatable bonds is 5. The Morgan fingerprint density at radius 1 is 1.28 bits per heavy atom. The van der Waals surface area contributed by atoms with Crippen LogP contribution in [0.15, 0.2) is 12.1 Å². The number of hydrogen-bond donors (Lipinski definition) is 0. The molecule has 0 bridgehead atoms. The van der Waals surface area contributed by atoms with Crippen molar-refractivity contribution in [2.45, 2.75) is 25.9 Å². The number of hydrogen-bond acceptors (Lipinski definition) is 4. The molecule has 2 aliphatic heterocycles. The van der Waals surface area contributed by atoms with E-state index in [0.29, 0.717) is 6.04 Å². The van der Waals surface area contributed by atoms with E-state index in [2.05, 4.69) is 43.1 Å². The van der Waals surface area contributed by atoms with Gasteiger partial charge in [0.25, 0.3) is 0 Å². The summed E-state index contributed by atoms with van der Waals surface area (Å²) in [6.07, 6.45) is 0.989. The van der Waals surface area contributed by atoms with Crippen molar-refractivity contribution in [2.75, 3.05) is 59.3 Å². The molecule has 3 rings (SSSR count). The second-order valence-corrected chi connectivity index (χ2v) is 7.28. The molecule has 1 aromatic carbocycles. The average molecular weight is 346 g/mol. The second-order valence-electron chi connectivity index (χ2n) is 7.28. The lowest BCUT2D eigenvalue weighted by Gasteiger charge is -2.35. The largest absolute Gasteiger partial charge is 0.495 e. The predicted octanol–water partition coefficient (Wildman–Crippen LogP) is 2.40. The molecule has 0 radical (unpaired) electrons. The Balaban J connectivity index is 1.97. The highest BCUT2D eigenvalue weighted by atomic mass is 16.5. The molecule has 0 aromatic heterocycles. The van der Waals surface area contributed by atoms with Crippen molar-refractivity contribution in [2.24, 2.45) is 0 Å². The van der Waals surface area contributed by atoms with E-state index >= 15 is 0 Å². The van der Waals surface area contributed by atoms with Crippen LogP contribution in [0.3, 0.4) is 0 Å². The fourth-order valence-corrected chi connectivity index (χ4v) is 3.95. The summed E-state index contributed by atoms with van der Waals surface area (Å²) in [4.78, 5) is 21.1. The minimum atomic E-state index is 0.0863. The smallest absolute Gasteiger partial charge is 0.324 e. The van der Waals surface area contributed by atoms with Crippen molar-refractivity contribution in [1.82, 2.24) is 14.7 Å². The van der Waals surface area contributed by atoms with Gasteiger partial charge in [0.05, 0.1) is 12.8 Å². The molecular formula is C19H30N4O2. The number of fused-ring (bicyclic) bond motifs is 1. The molecule has 0 saturated carbocycles. The van der Waals surface area contributed by atoms with Crippen LogP contribution in [0.5, 0.6) is 5.75 Å². The molecule has 2 amide bonds. The molecule has 1 aromatic rings. The Hall–Kier alpha value is -1.79. The standard InChI is InChI=1S/C19H30N4O2/c1-6-22-8-7-9-23(19(22)24)16-10-14-12-21(4)17(13-20(2)3)15(14)11-18(16)25-5/h10-11,17H,6-9,12-13H2,1-5H3. The number of carbonyl (C=O) groups excluding carboxylic acids is 1. The Morgan fingerprint density at radius 2 is 2.04 bits per heavy atom. The molecule has 25 heavy (non-hydrogen) atoms. The number of amides is 2. The molecule has 1 saturated heterocycles. The number of anilines is 1. The first kappa shape index (κ1) is 18.0. The van der Waals surface area contributed by atoms with Gasteiger partial charge in [0, 0.05) is 38.8 Å². The van der Waals surface area contributed by atoms with E-state index in [4.69, 9.17) is 4.74 Å². The minimum absolute atomic E-state index is 0.0863. The van der Waals surface area contributed by atoms with Gasteiger partial charge in [-0.05, 0) is 57.7 Å². The summed E-state index contributed by atoms with van der Waals surface area (Å²) in [5.74, 6) is 0.795. The van der Waals surface area contributed by atoms with E-state index in [1.54, 1.807) is 7.11 Å². The summed E-state index contributed by atoms with van der Waals surface area (Å²) in [6.45, 7) is 6.25. The van der Waals surface area contributed by atoms with Crippen molar-refractivity contribution >= 4 is 11.7 Å². The summed E-state index contributed by atoms with van der Waals surface area (Å²) in [6, 6.07) is 4.75. The summed E-state index contributed by atoms with van der Waals surface area (Å²) in [7, 11) is 8.05. The van der Waals surface area contributed by atoms with Gasteiger partial charge in [-0.15, -0.1) is 0 Å². The zero-order valence-corrected chi connectivity index (χ0v) is 16.1. The Morgan fingerprint density at radius 3 is 2.68 bits per heavy atom. The quantitative estimate of drug-likeness (QED) is 0.821. The maximum absolute atomic E-state index is 12.8. The van der Waals surface area contributed by atoms with Gasteiger partial charge >= 0.3 is 6.03 Å². The third kappa shape index (κ3) is 3.33. The van der Waals surface area contributed by atoms with Crippen molar-refractivity contribution in [3.05, 3.63) is 23.3 Å².